The first-order valence-corrected chi connectivity index (χ1v) is 9.99. The van der Waals surface area contributed by atoms with Crippen LogP contribution in [0, 0.1) is 0 Å². The van der Waals surface area contributed by atoms with Crippen molar-refractivity contribution in [2.45, 2.75) is 6.42 Å². The number of fused-ring (bicyclic) bond motifs is 1. The molecule has 2 aliphatic heterocycles. The Morgan fingerprint density at radius 3 is 2.71 bits per heavy atom. The Bertz CT molecular complexity index is 714. The zero-order valence-electron chi connectivity index (χ0n) is 13.8. The van der Waals surface area contributed by atoms with Crippen molar-refractivity contribution in [2.75, 3.05) is 56.5 Å². The fourth-order valence-corrected chi connectivity index (χ4v) is 4.07. The van der Waals surface area contributed by atoms with Gasteiger partial charge in [-0.25, -0.2) is 8.42 Å². The Morgan fingerprint density at radius 2 is 2.00 bits per heavy atom. The first kappa shape index (κ1) is 17.2. The van der Waals surface area contributed by atoms with Crippen LogP contribution in [0.1, 0.15) is 15.9 Å². The van der Waals surface area contributed by atoms with Gasteiger partial charge in [-0.15, -0.1) is 0 Å². The van der Waals surface area contributed by atoms with Gasteiger partial charge in [-0.05, 0) is 30.2 Å². The van der Waals surface area contributed by atoms with Crippen LogP contribution in [-0.2, 0) is 21.2 Å². The summed E-state index contributed by atoms with van der Waals surface area (Å²) < 4.78 is 30.2. The number of sulfonamides is 1. The Balaban J connectivity index is 1.58. The van der Waals surface area contributed by atoms with Crippen LogP contribution >= 0.6 is 0 Å². The molecule has 7 nitrogen and oxygen atoms in total. The summed E-state index contributed by atoms with van der Waals surface area (Å²) in [5.41, 5.74) is 2.16. The van der Waals surface area contributed by atoms with Gasteiger partial charge in [-0.3, -0.25) is 14.0 Å². The van der Waals surface area contributed by atoms with Crippen molar-refractivity contribution in [3.63, 3.8) is 0 Å². The molecular formula is C16H23N3O4S. The van der Waals surface area contributed by atoms with E-state index in [1.54, 1.807) is 18.2 Å². The minimum Gasteiger partial charge on any atom is -0.379 e. The van der Waals surface area contributed by atoms with E-state index in [9.17, 15) is 13.2 Å². The summed E-state index contributed by atoms with van der Waals surface area (Å²) in [6.45, 7) is 5.13. The molecule has 0 atom stereocenters. The predicted molar refractivity (Wildman–Crippen MR) is 91.9 cm³/mol. The molecular weight excluding hydrogens is 330 g/mol. The first-order valence-electron chi connectivity index (χ1n) is 8.14. The van der Waals surface area contributed by atoms with Crippen molar-refractivity contribution < 1.29 is 17.9 Å². The van der Waals surface area contributed by atoms with Crippen LogP contribution in [0.2, 0.25) is 0 Å². The SMILES string of the molecule is CS(=O)(=O)N1CCc2cc(C(=O)NCCN3CCOCC3)ccc21. The number of amides is 1. The van der Waals surface area contributed by atoms with E-state index in [1.165, 1.54) is 10.6 Å². The van der Waals surface area contributed by atoms with Gasteiger partial charge in [0.2, 0.25) is 10.0 Å². The number of hydrogen-bond donors (Lipinski definition) is 1. The molecule has 1 N–H and O–H groups in total. The first-order chi connectivity index (χ1) is 11.4. The molecule has 0 saturated carbocycles. The van der Waals surface area contributed by atoms with E-state index in [-0.39, 0.29) is 5.91 Å². The zero-order valence-corrected chi connectivity index (χ0v) is 14.6. The van der Waals surface area contributed by atoms with E-state index in [4.69, 9.17) is 4.74 Å². The Hall–Kier alpha value is -1.64. The molecule has 0 bridgehead atoms. The third-order valence-corrected chi connectivity index (χ3v) is 5.59. The highest BCUT2D eigenvalue weighted by Gasteiger charge is 2.26. The lowest BCUT2D eigenvalue weighted by Gasteiger charge is -2.26. The molecule has 3 rings (SSSR count). The molecule has 132 valence electrons. The maximum absolute atomic E-state index is 12.3. The number of carbonyl (C=O) groups excluding carboxylic acids is 1. The van der Waals surface area contributed by atoms with E-state index in [0.29, 0.717) is 30.8 Å². The minimum absolute atomic E-state index is 0.121. The molecule has 2 aliphatic rings. The van der Waals surface area contributed by atoms with E-state index in [1.807, 2.05) is 0 Å². The van der Waals surface area contributed by atoms with Gasteiger partial charge in [-0.2, -0.15) is 0 Å². The van der Waals surface area contributed by atoms with Gasteiger partial charge >= 0.3 is 0 Å². The summed E-state index contributed by atoms with van der Waals surface area (Å²) in [6, 6.07) is 5.21. The second kappa shape index (κ2) is 7.08. The van der Waals surface area contributed by atoms with Gasteiger partial charge < -0.3 is 10.1 Å². The van der Waals surface area contributed by atoms with Crippen molar-refractivity contribution in [3.8, 4) is 0 Å². The summed E-state index contributed by atoms with van der Waals surface area (Å²) in [6.07, 6.45) is 1.84. The molecule has 0 aromatic heterocycles. The molecule has 0 spiro atoms. The van der Waals surface area contributed by atoms with Crippen LogP contribution in [0.15, 0.2) is 18.2 Å². The average Bonchev–Trinajstić information content (AvgIpc) is 2.99. The summed E-state index contributed by atoms with van der Waals surface area (Å²) >= 11 is 0. The van der Waals surface area contributed by atoms with E-state index in [2.05, 4.69) is 10.2 Å². The van der Waals surface area contributed by atoms with Gasteiger partial charge in [0.25, 0.3) is 5.91 Å². The summed E-state index contributed by atoms with van der Waals surface area (Å²) in [4.78, 5) is 14.5. The molecule has 8 heteroatoms. The summed E-state index contributed by atoms with van der Waals surface area (Å²) in [7, 11) is -3.26. The van der Waals surface area contributed by atoms with Crippen molar-refractivity contribution in [3.05, 3.63) is 29.3 Å². The lowest BCUT2D eigenvalue weighted by atomic mass is 10.1. The monoisotopic (exact) mass is 353 g/mol. The normalized spacial score (nSPS) is 18.5. The smallest absolute Gasteiger partial charge is 0.251 e. The number of anilines is 1. The minimum atomic E-state index is -3.26. The highest BCUT2D eigenvalue weighted by atomic mass is 32.2. The van der Waals surface area contributed by atoms with Gasteiger partial charge in [0.1, 0.15) is 0 Å². The molecule has 0 aliphatic carbocycles. The van der Waals surface area contributed by atoms with Gasteiger partial charge in [0.05, 0.1) is 25.2 Å². The Kier molecular flexibility index (Phi) is 5.07. The van der Waals surface area contributed by atoms with Crippen LogP contribution < -0.4 is 9.62 Å². The number of carbonyl (C=O) groups is 1. The van der Waals surface area contributed by atoms with Crippen LogP contribution in [-0.4, -0.2) is 71.4 Å². The highest BCUT2D eigenvalue weighted by Crippen LogP contribution is 2.30. The van der Waals surface area contributed by atoms with E-state index in [0.717, 1.165) is 38.4 Å². The van der Waals surface area contributed by atoms with Crippen LogP contribution in [0.25, 0.3) is 0 Å². The Morgan fingerprint density at radius 1 is 1.25 bits per heavy atom. The number of nitrogens with one attached hydrogen (secondary N) is 1. The second-order valence-electron chi connectivity index (χ2n) is 6.14. The standard InChI is InChI=1S/C16H23N3O4S/c1-24(21,22)19-6-4-13-12-14(2-3-15(13)19)16(20)17-5-7-18-8-10-23-11-9-18/h2-3,12H,4-11H2,1H3,(H,17,20). The fourth-order valence-electron chi connectivity index (χ4n) is 3.11. The molecule has 0 radical (unpaired) electrons. The number of benzene rings is 1. The average molecular weight is 353 g/mol. The summed E-state index contributed by atoms with van der Waals surface area (Å²) in [5, 5.41) is 2.93. The quantitative estimate of drug-likeness (QED) is 0.810. The van der Waals surface area contributed by atoms with E-state index < -0.39 is 10.0 Å². The van der Waals surface area contributed by atoms with Crippen molar-refractivity contribution in [2.24, 2.45) is 0 Å². The van der Waals surface area contributed by atoms with Crippen molar-refractivity contribution in [1.29, 1.82) is 0 Å². The number of rotatable bonds is 5. The molecule has 1 aromatic rings. The van der Waals surface area contributed by atoms with Gasteiger partial charge in [-0.1, -0.05) is 0 Å². The number of hydrogen-bond acceptors (Lipinski definition) is 5. The van der Waals surface area contributed by atoms with E-state index >= 15 is 0 Å². The van der Waals surface area contributed by atoms with Crippen molar-refractivity contribution in [1.82, 2.24) is 10.2 Å². The van der Waals surface area contributed by atoms with Crippen LogP contribution in [0.5, 0.6) is 0 Å². The predicted octanol–water partition coefficient (Wildman–Crippen LogP) is 0.0707. The maximum atomic E-state index is 12.3. The number of morpholine rings is 1. The second-order valence-corrected chi connectivity index (χ2v) is 8.05. The summed E-state index contributed by atoms with van der Waals surface area (Å²) in [5.74, 6) is -0.121. The number of ether oxygens (including phenoxy) is 1. The van der Waals surface area contributed by atoms with Gasteiger partial charge in [0, 0.05) is 38.3 Å². The number of nitrogens with zero attached hydrogens (tertiary/aromatic N) is 2. The third kappa shape index (κ3) is 3.88. The lowest BCUT2D eigenvalue weighted by Crippen LogP contribution is -2.41. The van der Waals surface area contributed by atoms with Crippen LogP contribution in [0.3, 0.4) is 0 Å². The molecule has 1 saturated heterocycles. The molecule has 2 heterocycles. The fraction of sp³-hybridized carbons (Fsp3) is 0.562. The molecule has 1 amide bonds. The highest BCUT2D eigenvalue weighted by molar-refractivity contribution is 7.92. The maximum Gasteiger partial charge on any atom is 0.251 e. The third-order valence-electron chi connectivity index (χ3n) is 4.41. The lowest BCUT2D eigenvalue weighted by molar-refractivity contribution is 0.0383. The van der Waals surface area contributed by atoms with Crippen molar-refractivity contribution >= 4 is 21.6 Å². The largest absolute Gasteiger partial charge is 0.379 e. The molecule has 1 fully saturated rings. The molecule has 1 aromatic carbocycles. The molecule has 24 heavy (non-hydrogen) atoms. The zero-order chi connectivity index (χ0) is 17.2. The Labute approximate surface area is 142 Å². The van der Waals surface area contributed by atoms with Crippen LogP contribution in [0.4, 0.5) is 5.69 Å². The topological polar surface area (TPSA) is 79.0 Å². The molecule has 0 unspecified atom stereocenters. The van der Waals surface area contributed by atoms with Gasteiger partial charge in [0.15, 0.2) is 0 Å².